The Morgan fingerprint density at radius 2 is 1.69 bits per heavy atom. The van der Waals surface area contributed by atoms with Crippen molar-refractivity contribution in [2.24, 2.45) is 5.73 Å². The van der Waals surface area contributed by atoms with Crippen molar-refractivity contribution < 1.29 is 5.11 Å². The van der Waals surface area contributed by atoms with E-state index < -0.39 is 5.54 Å². The average molecular weight is 179 g/mol. The minimum absolute atomic E-state index is 0.0319. The van der Waals surface area contributed by atoms with E-state index in [0.29, 0.717) is 0 Å². The molecule has 0 spiro atoms. The normalized spacial score (nSPS) is 15.5. The fourth-order valence-electron chi connectivity index (χ4n) is 1.40. The van der Waals surface area contributed by atoms with E-state index in [-0.39, 0.29) is 6.61 Å². The second kappa shape index (κ2) is 3.48. The van der Waals surface area contributed by atoms with Crippen molar-refractivity contribution in [3.8, 4) is 0 Å². The summed E-state index contributed by atoms with van der Waals surface area (Å²) in [5, 5.41) is 9.10. The Kier molecular flexibility index (Phi) is 2.74. The molecule has 0 aliphatic carbocycles. The number of hydrogen-bond acceptors (Lipinski definition) is 2. The topological polar surface area (TPSA) is 46.2 Å². The largest absolute Gasteiger partial charge is 0.394 e. The molecule has 13 heavy (non-hydrogen) atoms. The van der Waals surface area contributed by atoms with Crippen LogP contribution >= 0.6 is 0 Å². The summed E-state index contributed by atoms with van der Waals surface area (Å²) in [5.74, 6) is 0. The van der Waals surface area contributed by atoms with Gasteiger partial charge in [-0.1, -0.05) is 29.3 Å². The molecule has 0 saturated heterocycles. The molecule has 0 aliphatic heterocycles. The van der Waals surface area contributed by atoms with Gasteiger partial charge >= 0.3 is 0 Å². The molecule has 2 heteroatoms. The van der Waals surface area contributed by atoms with Crippen LogP contribution in [-0.2, 0) is 5.54 Å². The molecule has 0 aromatic heterocycles. The molecule has 1 aromatic rings. The Balaban J connectivity index is 3.15. The lowest BCUT2D eigenvalue weighted by molar-refractivity contribution is 0.210. The van der Waals surface area contributed by atoms with Crippen molar-refractivity contribution in [3.05, 3.63) is 34.9 Å². The van der Waals surface area contributed by atoms with Gasteiger partial charge in [0.2, 0.25) is 0 Å². The fourth-order valence-corrected chi connectivity index (χ4v) is 1.40. The molecule has 2 nitrogen and oxygen atoms in total. The Morgan fingerprint density at radius 3 is 2.08 bits per heavy atom. The third-order valence-electron chi connectivity index (χ3n) is 2.21. The summed E-state index contributed by atoms with van der Waals surface area (Å²) in [6, 6.07) is 6.13. The summed E-state index contributed by atoms with van der Waals surface area (Å²) >= 11 is 0. The van der Waals surface area contributed by atoms with Gasteiger partial charge in [0.1, 0.15) is 0 Å². The smallest absolute Gasteiger partial charge is 0.0650 e. The van der Waals surface area contributed by atoms with Gasteiger partial charge in [-0.15, -0.1) is 0 Å². The number of hydrogen-bond donors (Lipinski definition) is 2. The average Bonchev–Trinajstić information content (AvgIpc) is 2.02. The third kappa shape index (κ3) is 2.29. The Morgan fingerprint density at radius 1 is 1.23 bits per heavy atom. The highest BCUT2D eigenvalue weighted by atomic mass is 16.3. The first kappa shape index (κ1) is 10.2. The van der Waals surface area contributed by atoms with Crippen LogP contribution in [0.5, 0.6) is 0 Å². The molecule has 1 aromatic carbocycles. The predicted molar refractivity (Wildman–Crippen MR) is 54.5 cm³/mol. The van der Waals surface area contributed by atoms with Crippen molar-refractivity contribution in [2.45, 2.75) is 26.3 Å². The number of benzene rings is 1. The molecule has 0 aliphatic rings. The Bertz CT molecular complexity index is 285. The number of aliphatic hydroxyl groups is 1. The van der Waals surface area contributed by atoms with Crippen molar-refractivity contribution >= 4 is 0 Å². The molecule has 0 bridgehead atoms. The number of nitrogens with two attached hydrogens (primary N) is 1. The standard InChI is InChI=1S/C11H17NO/c1-8-4-9(2)6-10(5-8)11(3,12)7-13/h4-6,13H,7,12H2,1-3H3/t11-/m0/s1. The predicted octanol–water partition coefficient (Wildman–Crippen LogP) is 1.47. The summed E-state index contributed by atoms with van der Waals surface area (Å²) in [4.78, 5) is 0. The zero-order chi connectivity index (χ0) is 10.1. The van der Waals surface area contributed by atoms with Crippen molar-refractivity contribution in [1.82, 2.24) is 0 Å². The van der Waals surface area contributed by atoms with Crippen LogP contribution in [-0.4, -0.2) is 11.7 Å². The van der Waals surface area contributed by atoms with Crippen LogP contribution in [0.3, 0.4) is 0 Å². The molecule has 0 radical (unpaired) electrons. The van der Waals surface area contributed by atoms with E-state index in [2.05, 4.69) is 6.07 Å². The summed E-state index contributed by atoms with van der Waals surface area (Å²) in [7, 11) is 0. The molecule has 0 fully saturated rings. The van der Waals surface area contributed by atoms with Gasteiger partial charge in [0, 0.05) is 0 Å². The third-order valence-corrected chi connectivity index (χ3v) is 2.21. The summed E-state index contributed by atoms with van der Waals surface area (Å²) < 4.78 is 0. The van der Waals surface area contributed by atoms with E-state index in [1.54, 1.807) is 0 Å². The zero-order valence-corrected chi connectivity index (χ0v) is 8.46. The van der Waals surface area contributed by atoms with Crippen molar-refractivity contribution in [2.75, 3.05) is 6.61 Å². The first-order valence-corrected chi connectivity index (χ1v) is 4.44. The second-order valence-corrected chi connectivity index (χ2v) is 3.95. The first-order valence-electron chi connectivity index (χ1n) is 4.44. The molecule has 72 valence electrons. The van der Waals surface area contributed by atoms with Gasteiger partial charge in [0.05, 0.1) is 12.1 Å². The van der Waals surface area contributed by atoms with E-state index in [0.717, 1.165) is 5.56 Å². The second-order valence-electron chi connectivity index (χ2n) is 3.95. The maximum atomic E-state index is 9.10. The highest BCUT2D eigenvalue weighted by Gasteiger charge is 2.19. The summed E-state index contributed by atoms with van der Waals surface area (Å²) in [6.45, 7) is 5.87. The van der Waals surface area contributed by atoms with Gasteiger partial charge < -0.3 is 10.8 Å². The lowest BCUT2D eigenvalue weighted by atomic mass is 9.91. The van der Waals surface area contributed by atoms with Crippen LogP contribution in [0.4, 0.5) is 0 Å². The number of aliphatic hydroxyl groups excluding tert-OH is 1. The van der Waals surface area contributed by atoms with E-state index in [4.69, 9.17) is 10.8 Å². The van der Waals surface area contributed by atoms with Crippen LogP contribution in [0.2, 0.25) is 0 Å². The maximum absolute atomic E-state index is 9.10. The molecule has 3 N–H and O–H groups in total. The lowest BCUT2D eigenvalue weighted by Gasteiger charge is -2.23. The minimum atomic E-state index is -0.628. The van der Waals surface area contributed by atoms with Gasteiger partial charge in [-0.05, 0) is 26.3 Å². The summed E-state index contributed by atoms with van der Waals surface area (Å²) in [6.07, 6.45) is 0. The summed E-state index contributed by atoms with van der Waals surface area (Å²) in [5.41, 5.74) is 8.65. The molecule has 1 atom stereocenters. The van der Waals surface area contributed by atoms with Crippen LogP contribution < -0.4 is 5.73 Å². The van der Waals surface area contributed by atoms with Crippen LogP contribution in [0.15, 0.2) is 18.2 Å². The molecule has 0 unspecified atom stereocenters. The van der Waals surface area contributed by atoms with Gasteiger partial charge in [0.15, 0.2) is 0 Å². The van der Waals surface area contributed by atoms with E-state index in [9.17, 15) is 0 Å². The molecule has 0 amide bonds. The van der Waals surface area contributed by atoms with E-state index in [1.165, 1.54) is 11.1 Å². The molecular formula is C11H17NO. The maximum Gasteiger partial charge on any atom is 0.0650 e. The molecule has 0 heterocycles. The number of aryl methyl sites for hydroxylation is 2. The van der Waals surface area contributed by atoms with Crippen LogP contribution in [0.1, 0.15) is 23.6 Å². The quantitative estimate of drug-likeness (QED) is 0.722. The minimum Gasteiger partial charge on any atom is -0.394 e. The van der Waals surface area contributed by atoms with Gasteiger partial charge in [0.25, 0.3) is 0 Å². The van der Waals surface area contributed by atoms with Crippen molar-refractivity contribution in [3.63, 3.8) is 0 Å². The monoisotopic (exact) mass is 179 g/mol. The Labute approximate surface area is 79.4 Å². The zero-order valence-electron chi connectivity index (χ0n) is 8.46. The highest BCUT2D eigenvalue weighted by Crippen LogP contribution is 2.19. The van der Waals surface area contributed by atoms with Gasteiger partial charge in [-0.25, -0.2) is 0 Å². The highest BCUT2D eigenvalue weighted by molar-refractivity contribution is 5.32. The van der Waals surface area contributed by atoms with Crippen LogP contribution in [0.25, 0.3) is 0 Å². The first-order chi connectivity index (χ1) is 5.95. The lowest BCUT2D eigenvalue weighted by Crippen LogP contribution is -2.37. The Hall–Kier alpha value is -0.860. The van der Waals surface area contributed by atoms with Crippen molar-refractivity contribution in [1.29, 1.82) is 0 Å². The molecular weight excluding hydrogens is 162 g/mol. The molecule has 1 rings (SSSR count). The van der Waals surface area contributed by atoms with Crippen LogP contribution in [0, 0.1) is 13.8 Å². The fraction of sp³-hybridized carbons (Fsp3) is 0.455. The van der Waals surface area contributed by atoms with E-state index >= 15 is 0 Å². The number of rotatable bonds is 2. The van der Waals surface area contributed by atoms with Gasteiger partial charge in [-0.2, -0.15) is 0 Å². The SMILES string of the molecule is Cc1cc(C)cc([C@@](C)(N)CO)c1. The molecule has 0 saturated carbocycles. The van der Waals surface area contributed by atoms with E-state index in [1.807, 2.05) is 32.9 Å². The van der Waals surface area contributed by atoms with Gasteiger partial charge in [-0.3, -0.25) is 0 Å².